The molecule has 0 amide bonds. The van der Waals surface area contributed by atoms with Crippen molar-refractivity contribution in [2.75, 3.05) is 4.90 Å². The maximum absolute atomic E-state index is 11.6. The molecule has 1 aromatic carbocycles. The Morgan fingerprint density at radius 1 is 1.20 bits per heavy atom. The maximum atomic E-state index is 11.6. The molecule has 25 heavy (non-hydrogen) atoms. The number of aliphatic hydroxyl groups is 1. The van der Waals surface area contributed by atoms with Gasteiger partial charge in [0, 0.05) is 11.6 Å². The van der Waals surface area contributed by atoms with Gasteiger partial charge in [0.15, 0.2) is 0 Å². The van der Waals surface area contributed by atoms with E-state index >= 15 is 0 Å². The summed E-state index contributed by atoms with van der Waals surface area (Å²) in [6, 6.07) is 11.6. The largest absolute Gasteiger partial charge is 1.00 e. The number of hydrogen-bond acceptors (Lipinski definition) is 4. The monoisotopic (exact) mass is 400 g/mol. The van der Waals surface area contributed by atoms with Crippen LogP contribution in [0.3, 0.4) is 0 Å². The molecule has 1 aliphatic heterocycles. The van der Waals surface area contributed by atoms with Crippen molar-refractivity contribution < 1.29 is 26.7 Å². The molecular weight excluding hydrogens is 380 g/mol. The molecule has 1 atom stereocenters. The van der Waals surface area contributed by atoms with Gasteiger partial charge in [0.05, 0.1) is 23.9 Å². The lowest BCUT2D eigenvalue weighted by atomic mass is 9.91. The first-order valence-corrected chi connectivity index (χ1v) is 8.59. The third-order valence-electron chi connectivity index (χ3n) is 5.22. The van der Waals surface area contributed by atoms with Gasteiger partial charge in [-0.3, -0.25) is 0 Å². The van der Waals surface area contributed by atoms with Crippen molar-refractivity contribution in [1.29, 1.82) is 5.26 Å². The van der Waals surface area contributed by atoms with E-state index in [0.717, 1.165) is 24.4 Å². The Morgan fingerprint density at radius 3 is 2.60 bits per heavy atom. The SMILES string of the molecule is N#Cc1ccc(C2(O)C[n+]3cccnc3N2C2CCCCC2)cc1.[Br-]. The summed E-state index contributed by atoms with van der Waals surface area (Å²) < 4.78 is 2.02. The van der Waals surface area contributed by atoms with Crippen LogP contribution in [0.5, 0.6) is 0 Å². The summed E-state index contributed by atoms with van der Waals surface area (Å²) in [5, 5.41) is 20.7. The molecule has 130 valence electrons. The van der Waals surface area contributed by atoms with Gasteiger partial charge in [-0.15, -0.1) is 0 Å². The van der Waals surface area contributed by atoms with Gasteiger partial charge in [0.2, 0.25) is 5.72 Å². The third kappa shape index (κ3) is 3.03. The molecule has 1 aliphatic carbocycles. The van der Waals surface area contributed by atoms with Gasteiger partial charge in [-0.05, 0) is 25.0 Å². The summed E-state index contributed by atoms with van der Waals surface area (Å²) in [5.74, 6) is 0.830. The first-order chi connectivity index (χ1) is 11.7. The van der Waals surface area contributed by atoms with E-state index in [0.29, 0.717) is 18.2 Å². The Hall–Kier alpha value is -1.97. The topological polar surface area (TPSA) is 64.0 Å². The normalized spacial score (nSPS) is 22.8. The summed E-state index contributed by atoms with van der Waals surface area (Å²) in [5.41, 5.74) is 0.308. The van der Waals surface area contributed by atoms with Crippen molar-refractivity contribution in [3.05, 3.63) is 53.9 Å². The minimum absolute atomic E-state index is 0. The second-order valence-electron chi connectivity index (χ2n) is 6.72. The summed E-state index contributed by atoms with van der Waals surface area (Å²) in [7, 11) is 0. The lowest BCUT2D eigenvalue weighted by molar-refractivity contribution is -0.685. The molecule has 0 spiro atoms. The van der Waals surface area contributed by atoms with Gasteiger partial charge >= 0.3 is 5.95 Å². The molecule has 0 bridgehead atoms. The fraction of sp³-hybridized carbons (Fsp3) is 0.421. The first-order valence-electron chi connectivity index (χ1n) is 8.59. The molecule has 1 unspecified atom stereocenters. The minimum atomic E-state index is -1.11. The number of nitriles is 1. The van der Waals surface area contributed by atoms with Gasteiger partial charge in [-0.2, -0.15) is 5.26 Å². The average molecular weight is 401 g/mol. The highest BCUT2D eigenvalue weighted by molar-refractivity contribution is 5.42. The lowest BCUT2D eigenvalue weighted by Gasteiger charge is -2.36. The minimum Gasteiger partial charge on any atom is -1.00 e. The van der Waals surface area contributed by atoms with Crippen molar-refractivity contribution in [3.8, 4) is 6.07 Å². The Bertz CT molecular complexity index is 783. The molecule has 5 nitrogen and oxygen atoms in total. The molecule has 1 N–H and O–H groups in total. The van der Waals surface area contributed by atoms with Gasteiger partial charge in [0.25, 0.3) is 0 Å². The molecule has 2 aromatic rings. The zero-order valence-corrected chi connectivity index (χ0v) is 15.6. The van der Waals surface area contributed by atoms with Crippen molar-refractivity contribution in [1.82, 2.24) is 4.98 Å². The van der Waals surface area contributed by atoms with E-state index < -0.39 is 5.72 Å². The average Bonchev–Trinajstić information content (AvgIpc) is 2.95. The molecule has 0 radical (unpaired) electrons. The Kier molecular flexibility index (Phi) is 5.07. The number of rotatable bonds is 2. The van der Waals surface area contributed by atoms with Crippen LogP contribution in [0.2, 0.25) is 0 Å². The van der Waals surface area contributed by atoms with E-state index in [-0.39, 0.29) is 17.0 Å². The predicted octanol–water partition coefficient (Wildman–Crippen LogP) is -0.757. The highest BCUT2D eigenvalue weighted by Gasteiger charge is 2.54. The molecule has 2 heterocycles. The summed E-state index contributed by atoms with van der Waals surface area (Å²) in [6.07, 6.45) is 9.56. The van der Waals surface area contributed by atoms with Crippen LogP contribution >= 0.6 is 0 Å². The quantitative estimate of drug-likeness (QED) is 0.673. The van der Waals surface area contributed by atoms with Crippen LogP contribution in [0.15, 0.2) is 42.7 Å². The Labute approximate surface area is 158 Å². The van der Waals surface area contributed by atoms with E-state index in [4.69, 9.17) is 5.26 Å². The standard InChI is InChI=1S/C19H21N4O.BrH/c20-13-15-7-9-16(10-8-15)19(24)14-22-12-4-11-21-18(22)23(19)17-5-2-1-3-6-17;/h4,7-12,17,24H,1-3,5-6,14H2;1H/q+1;/p-1. The van der Waals surface area contributed by atoms with Crippen LogP contribution in [0.1, 0.15) is 43.2 Å². The van der Waals surface area contributed by atoms with Crippen LogP contribution in [0.4, 0.5) is 5.95 Å². The molecule has 1 saturated carbocycles. The van der Waals surface area contributed by atoms with Gasteiger partial charge in [-0.25, -0.2) is 9.47 Å². The molecule has 2 aliphatic rings. The van der Waals surface area contributed by atoms with Gasteiger partial charge in [-0.1, -0.05) is 36.4 Å². The second-order valence-corrected chi connectivity index (χ2v) is 6.72. The van der Waals surface area contributed by atoms with Crippen LogP contribution in [0.25, 0.3) is 0 Å². The smallest absolute Gasteiger partial charge is 0.397 e. The number of aromatic nitrogens is 2. The number of halogens is 1. The van der Waals surface area contributed by atoms with Crippen LogP contribution in [0, 0.1) is 11.3 Å². The molecule has 0 saturated heterocycles. The molecule has 6 heteroatoms. The highest BCUT2D eigenvalue weighted by Crippen LogP contribution is 2.39. The van der Waals surface area contributed by atoms with E-state index in [1.807, 2.05) is 29.0 Å². The first kappa shape index (κ1) is 17.8. The maximum Gasteiger partial charge on any atom is 0.397 e. The number of benzene rings is 1. The lowest BCUT2D eigenvalue weighted by Crippen LogP contribution is -3.00. The van der Waals surface area contributed by atoms with Crippen molar-refractivity contribution in [3.63, 3.8) is 0 Å². The van der Waals surface area contributed by atoms with E-state index in [1.54, 1.807) is 18.3 Å². The van der Waals surface area contributed by atoms with Crippen LogP contribution < -0.4 is 26.4 Å². The predicted molar refractivity (Wildman–Crippen MR) is 88.8 cm³/mol. The van der Waals surface area contributed by atoms with Crippen molar-refractivity contribution in [2.24, 2.45) is 0 Å². The van der Waals surface area contributed by atoms with Gasteiger partial charge < -0.3 is 22.1 Å². The third-order valence-corrected chi connectivity index (χ3v) is 5.22. The van der Waals surface area contributed by atoms with Crippen LogP contribution in [-0.4, -0.2) is 16.1 Å². The number of nitrogens with zero attached hydrogens (tertiary/aromatic N) is 4. The van der Waals surface area contributed by atoms with E-state index in [9.17, 15) is 5.11 Å². The molecule has 1 fully saturated rings. The fourth-order valence-electron chi connectivity index (χ4n) is 4.04. The molecule has 4 rings (SSSR count). The second kappa shape index (κ2) is 7.11. The number of hydrogen-bond donors (Lipinski definition) is 1. The Balaban J connectivity index is 0.00000182. The number of fused-ring (bicyclic) bond motifs is 1. The fourth-order valence-corrected chi connectivity index (χ4v) is 4.04. The summed E-state index contributed by atoms with van der Waals surface area (Å²) >= 11 is 0. The van der Waals surface area contributed by atoms with Crippen molar-refractivity contribution >= 4 is 5.95 Å². The molecule has 1 aromatic heterocycles. The van der Waals surface area contributed by atoms with Crippen LogP contribution in [-0.2, 0) is 12.3 Å². The highest BCUT2D eigenvalue weighted by atomic mass is 79.9. The van der Waals surface area contributed by atoms with Gasteiger partial charge in [0.1, 0.15) is 12.7 Å². The van der Waals surface area contributed by atoms with Crippen molar-refractivity contribution in [2.45, 2.75) is 50.4 Å². The zero-order valence-electron chi connectivity index (χ0n) is 14.0. The molecular formula is C19H21BrN4O. The zero-order chi connectivity index (χ0) is 16.6. The van der Waals surface area contributed by atoms with E-state index in [1.165, 1.54) is 19.3 Å². The summed E-state index contributed by atoms with van der Waals surface area (Å²) in [4.78, 5) is 6.65. The Morgan fingerprint density at radius 2 is 1.92 bits per heavy atom. The van der Waals surface area contributed by atoms with E-state index in [2.05, 4.69) is 16.0 Å². The number of anilines is 1. The summed E-state index contributed by atoms with van der Waals surface area (Å²) in [6.45, 7) is 0.457.